The maximum absolute atomic E-state index is 12.8. The Kier molecular flexibility index (Phi) is 5.78. The van der Waals surface area contributed by atoms with Gasteiger partial charge in [-0.25, -0.2) is 4.79 Å². The number of ether oxygens (including phenoxy) is 1. The number of hydrogen-bond donors (Lipinski definition) is 1. The van der Waals surface area contributed by atoms with Gasteiger partial charge in [-0.3, -0.25) is 9.59 Å². The minimum Gasteiger partial charge on any atom is -0.465 e. The molecule has 2 aromatic carbocycles. The van der Waals surface area contributed by atoms with Crippen LogP contribution in [-0.4, -0.2) is 31.4 Å². The molecule has 0 bridgehead atoms. The third kappa shape index (κ3) is 3.91. The Balaban J connectivity index is 1.78. The molecule has 0 radical (unpaired) electrons. The summed E-state index contributed by atoms with van der Waals surface area (Å²) in [5.74, 6) is -1.10. The van der Waals surface area contributed by atoms with Crippen LogP contribution in [0.3, 0.4) is 0 Å². The maximum atomic E-state index is 12.8. The highest BCUT2D eigenvalue weighted by molar-refractivity contribution is 6.06. The fourth-order valence-electron chi connectivity index (χ4n) is 3.45. The van der Waals surface area contributed by atoms with Gasteiger partial charge in [-0.05, 0) is 29.7 Å². The fraction of sp³-hybridized carbons (Fsp3) is 0.318. The monoisotopic (exact) mass is 380 g/mol. The van der Waals surface area contributed by atoms with Crippen LogP contribution >= 0.6 is 0 Å². The van der Waals surface area contributed by atoms with Gasteiger partial charge in [0.2, 0.25) is 11.8 Å². The molecule has 1 heterocycles. The number of nitrogens with zero attached hydrogens (tertiary/aromatic N) is 1. The number of para-hydroxylation sites is 2. The zero-order valence-electron chi connectivity index (χ0n) is 16.3. The average molecular weight is 380 g/mol. The van der Waals surface area contributed by atoms with Crippen LogP contribution in [0.1, 0.15) is 42.1 Å². The highest BCUT2D eigenvalue weighted by Crippen LogP contribution is 2.32. The summed E-state index contributed by atoms with van der Waals surface area (Å²) in [5, 5.41) is 2.78. The van der Waals surface area contributed by atoms with Crippen molar-refractivity contribution in [1.82, 2.24) is 0 Å². The van der Waals surface area contributed by atoms with Gasteiger partial charge in [-0.1, -0.05) is 44.2 Å². The normalized spacial score (nSPS) is 16.4. The largest absolute Gasteiger partial charge is 0.465 e. The van der Waals surface area contributed by atoms with E-state index in [1.807, 2.05) is 24.3 Å². The summed E-state index contributed by atoms with van der Waals surface area (Å²) >= 11 is 0. The van der Waals surface area contributed by atoms with E-state index >= 15 is 0 Å². The van der Waals surface area contributed by atoms with E-state index in [2.05, 4.69) is 19.2 Å². The zero-order chi connectivity index (χ0) is 20.3. The number of amides is 2. The molecule has 2 aromatic rings. The zero-order valence-corrected chi connectivity index (χ0v) is 16.3. The molecule has 0 spiro atoms. The third-order valence-electron chi connectivity index (χ3n) is 4.94. The van der Waals surface area contributed by atoms with Crippen LogP contribution in [-0.2, 0) is 14.3 Å². The van der Waals surface area contributed by atoms with E-state index in [0.717, 1.165) is 11.3 Å². The smallest absolute Gasteiger partial charge is 0.339 e. The first-order valence-electron chi connectivity index (χ1n) is 9.29. The minimum absolute atomic E-state index is 0.0745. The van der Waals surface area contributed by atoms with Crippen molar-refractivity contribution >= 4 is 29.2 Å². The summed E-state index contributed by atoms with van der Waals surface area (Å²) in [6.07, 6.45) is 0.138. The molecule has 1 aliphatic rings. The Morgan fingerprint density at radius 1 is 1.11 bits per heavy atom. The van der Waals surface area contributed by atoms with Crippen LogP contribution in [0.25, 0.3) is 0 Å². The van der Waals surface area contributed by atoms with E-state index < -0.39 is 11.9 Å². The van der Waals surface area contributed by atoms with Crippen molar-refractivity contribution in [1.29, 1.82) is 0 Å². The van der Waals surface area contributed by atoms with Gasteiger partial charge >= 0.3 is 5.97 Å². The molecule has 0 aromatic heterocycles. The Bertz CT molecular complexity index is 907. The highest BCUT2D eigenvalue weighted by Gasteiger charge is 2.36. The minimum atomic E-state index is -0.522. The van der Waals surface area contributed by atoms with E-state index in [1.165, 1.54) is 7.11 Å². The number of hydrogen-bond acceptors (Lipinski definition) is 4. The van der Waals surface area contributed by atoms with Crippen molar-refractivity contribution in [3.63, 3.8) is 0 Å². The lowest BCUT2D eigenvalue weighted by atomic mass is 10.0. The predicted octanol–water partition coefficient (Wildman–Crippen LogP) is 3.59. The molecule has 3 rings (SSSR count). The number of benzene rings is 2. The lowest BCUT2D eigenvalue weighted by molar-refractivity contribution is -0.122. The Labute approximate surface area is 164 Å². The second-order valence-electron chi connectivity index (χ2n) is 7.15. The molecule has 0 aliphatic carbocycles. The van der Waals surface area contributed by atoms with E-state index in [0.29, 0.717) is 12.2 Å². The van der Waals surface area contributed by atoms with Gasteiger partial charge in [-0.2, -0.15) is 0 Å². The first-order chi connectivity index (χ1) is 13.4. The number of nitrogens with one attached hydrogen (secondary N) is 1. The van der Waals surface area contributed by atoms with Crippen molar-refractivity contribution in [3.8, 4) is 0 Å². The molecule has 28 heavy (non-hydrogen) atoms. The van der Waals surface area contributed by atoms with Crippen molar-refractivity contribution in [3.05, 3.63) is 59.7 Å². The molecule has 1 aliphatic heterocycles. The number of carbonyl (C=O) groups is 3. The Hall–Kier alpha value is -3.15. The SMILES string of the molecule is COC(=O)c1ccccc1NC(=O)C1CC(=O)N(c2ccccc2C(C)C)C1. The van der Waals surface area contributed by atoms with E-state index in [1.54, 1.807) is 29.2 Å². The van der Waals surface area contributed by atoms with Gasteiger partial charge in [0.05, 0.1) is 24.3 Å². The quantitative estimate of drug-likeness (QED) is 0.805. The van der Waals surface area contributed by atoms with Crippen LogP contribution in [0.2, 0.25) is 0 Å². The predicted molar refractivity (Wildman–Crippen MR) is 107 cm³/mol. The standard InChI is InChI=1S/C22H24N2O4/c1-14(2)16-8-5-7-11-19(16)24-13-15(12-20(24)25)21(26)23-18-10-6-4-9-17(18)22(27)28-3/h4-11,14-15H,12-13H2,1-3H3,(H,23,26). The number of rotatable bonds is 5. The maximum Gasteiger partial charge on any atom is 0.339 e. The lowest BCUT2D eigenvalue weighted by Crippen LogP contribution is -2.29. The van der Waals surface area contributed by atoms with Crippen LogP contribution in [0, 0.1) is 5.92 Å². The summed E-state index contributed by atoms with van der Waals surface area (Å²) in [5.41, 5.74) is 2.60. The summed E-state index contributed by atoms with van der Waals surface area (Å²) in [4.78, 5) is 39.0. The first-order valence-corrected chi connectivity index (χ1v) is 9.29. The van der Waals surface area contributed by atoms with Crippen LogP contribution in [0.5, 0.6) is 0 Å². The average Bonchev–Trinajstić information content (AvgIpc) is 3.09. The molecular weight excluding hydrogens is 356 g/mol. The second-order valence-corrected chi connectivity index (χ2v) is 7.15. The molecular formula is C22H24N2O4. The molecule has 1 unspecified atom stereocenters. The van der Waals surface area contributed by atoms with Crippen LogP contribution in [0.4, 0.5) is 11.4 Å². The summed E-state index contributed by atoms with van der Waals surface area (Å²) in [6, 6.07) is 14.4. The summed E-state index contributed by atoms with van der Waals surface area (Å²) in [7, 11) is 1.29. The number of esters is 1. The van der Waals surface area contributed by atoms with Crippen LogP contribution in [0.15, 0.2) is 48.5 Å². The third-order valence-corrected chi connectivity index (χ3v) is 4.94. The number of methoxy groups -OCH3 is 1. The molecule has 1 saturated heterocycles. The molecule has 1 fully saturated rings. The second kappa shape index (κ2) is 8.25. The van der Waals surface area contributed by atoms with Gasteiger partial charge < -0.3 is 15.0 Å². The molecule has 1 N–H and O–H groups in total. The topological polar surface area (TPSA) is 75.7 Å². The molecule has 1 atom stereocenters. The van der Waals surface area contributed by atoms with Gasteiger partial charge in [-0.15, -0.1) is 0 Å². The van der Waals surface area contributed by atoms with Gasteiger partial charge in [0.15, 0.2) is 0 Å². The summed E-state index contributed by atoms with van der Waals surface area (Å²) in [6.45, 7) is 4.47. The van der Waals surface area contributed by atoms with E-state index in [9.17, 15) is 14.4 Å². The van der Waals surface area contributed by atoms with E-state index in [-0.39, 0.29) is 29.7 Å². The summed E-state index contributed by atoms with van der Waals surface area (Å²) < 4.78 is 4.76. The molecule has 0 saturated carbocycles. The van der Waals surface area contributed by atoms with Crippen molar-refractivity contribution < 1.29 is 19.1 Å². The van der Waals surface area contributed by atoms with Gasteiger partial charge in [0.1, 0.15) is 0 Å². The Morgan fingerprint density at radius 3 is 2.50 bits per heavy atom. The number of anilines is 2. The van der Waals surface area contributed by atoms with Gasteiger partial charge in [0.25, 0.3) is 0 Å². The van der Waals surface area contributed by atoms with Crippen LogP contribution < -0.4 is 10.2 Å². The molecule has 6 heteroatoms. The molecule has 146 valence electrons. The Morgan fingerprint density at radius 2 is 1.79 bits per heavy atom. The van der Waals surface area contributed by atoms with Crippen molar-refractivity contribution in [2.45, 2.75) is 26.2 Å². The van der Waals surface area contributed by atoms with Crippen molar-refractivity contribution in [2.24, 2.45) is 5.92 Å². The molecule has 6 nitrogen and oxygen atoms in total. The van der Waals surface area contributed by atoms with Gasteiger partial charge in [0, 0.05) is 18.7 Å². The molecule has 2 amide bonds. The lowest BCUT2D eigenvalue weighted by Gasteiger charge is -2.22. The first kappa shape index (κ1) is 19.6. The highest BCUT2D eigenvalue weighted by atomic mass is 16.5. The van der Waals surface area contributed by atoms with E-state index in [4.69, 9.17) is 4.74 Å². The van der Waals surface area contributed by atoms with Crippen molar-refractivity contribution in [2.75, 3.05) is 23.9 Å². The number of carbonyl (C=O) groups excluding carboxylic acids is 3. The fourth-order valence-corrected chi connectivity index (χ4v) is 3.45.